The van der Waals surface area contributed by atoms with Crippen molar-refractivity contribution >= 4 is 11.8 Å². The van der Waals surface area contributed by atoms with Crippen molar-refractivity contribution in [3.63, 3.8) is 0 Å². The van der Waals surface area contributed by atoms with Crippen LogP contribution in [-0.4, -0.2) is 195 Å². The average Bonchev–Trinajstić information content (AvgIpc) is 3.73. The van der Waals surface area contributed by atoms with Crippen molar-refractivity contribution in [3.05, 3.63) is 71.3 Å². The Kier molecular flexibility index (Phi) is 21.4. The van der Waals surface area contributed by atoms with Gasteiger partial charge in [0, 0.05) is 59.2 Å². The molecule has 1 N–H and O–H groups in total. The monoisotopic (exact) mass is 1100 g/mol. The lowest BCUT2D eigenvalue weighted by molar-refractivity contribution is -0.376. The molecule has 0 saturated carbocycles. The molecule has 10 unspecified atom stereocenters. The van der Waals surface area contributed by atoms with Gasteiger partial charge in [-0.25, -0.2) is 0 Å². The van der Waals surface area contributed by atoms with Crippen molar-refractivity contribution in [2.24, 2.45) is 47.3 Å². The summed E-state index contributed by atoms with van der Waals surface area (Å²) in [7, 11) is 8.14. The molecule has 6 aliphatic heterocycles. The summed E-state index contributed by atoms with van der Waals surface area (Å²) in [6, 6.07) is 16.8. The molecule has 78 heavy (non-hydrogen) atoms. The summed E-state index contributed by atoms with van der Waals surface area (Å²) < 4.78 is 97.6. The molecular formula is C59H89NO18. The van der Waals surface area contributed by atoms with Gasteiger partial charge in [-0.05, 0) is 48.3 Å². The first kappa shape index (κ1) is 61.0. The number of ether oxygens (including phenoxy) is 15. The van der Waals surface area contributed by atoms with Gasteiger partial charge in [0.2, 0.25) is 0 Å². The maximum absolute atomic E-state index is 13.4. The molecule has 0 bridgehead atoms. The highest BCUT2D eigenvalue weighted by molar-refractivity contribution is 6.21. The number of fused-ring (bicyclic) bond motifs is 1. The van der Waals surface area contributed by atoms with Gasteiger partial charge in [0.25, 0.3) is 11.8 Å². The quantitative estimate of drug-likeness (QED) is 0.132. The second-order valence-corrected chi connectivity index (χ2v) is 22.9. The standard InChI is InChI=1S/C59H89NO18/c1-30-32(3)48(46(70-38(30)9)29-69-25-39-20-16-15-17-21-39)77-58-52(67-13)37(8)51(45(73-58)28-66-12)76-57-35(6)33(4)49(43(72-57)26-64-10)78-59-53(68-14)36(7)50(44(74-59)27-65-11)75-56-34(5)31(2)47(61)42(71-56)24-60-54(62)40-22-18-19-23-41(40)55(60)63/h15-23,30-38,42-53,56-59,61H,24-29H2,1-14H3/t30?,31-,32-,33?,34?,35?,36+,37?,38+,42?,43+,44?,45+,46?,47+,48+,49+,50+,51+,52?,53?,56-,57-,58+,59+/m1/s1. The largest absolute Gasteiger partial charge is 0.390 e. The van der Waals surface area contributed by atoms with Gasteiger partial charge < -0.3 is 76.2 Å². The Morgan fingerprint density at radius 2 is 0.833 bits per heavy atom. The molecule has 0 aliphatic carbocycles. The zero-order valence-electron chi connectivity index (χ0n) is 48.2. The van der Waals surface area contributed by atoms with Crippen molar-refractivity contribution in [1.29, 1.82) is 0 Å². The van der Waals surface area contributed by atoms with E-state index in [4.69, 9.17) is 71.1 Å². The van der Waals surface area contributed by atoms with E-state index in [1.165, 1.54) is 0 Å². The molecule has 25 atom stereocenters. The molecule has 2 aromatic carbocycles. The number of imide groups is 1. The summed E-state index contributed by atoms with van der Waals surface area (Å²) in [5.74, 6) is -2.01. The Labute approximate surface area is 461 Å². The van der Waals surface area contributed by atoms with Crippen LogP contribution in [0.3, 0.4) is 0 Å². The van der Waals surface area contributed by atoms with Crippen LogP contribution in [-0.2, 0) is 77.7 Å². The predicted octanol–water partition coefficient (Wildman–Crippen LogP) is 6.15. The number of aliphatic hydroxyl groups excluding tert-OH is 1. The molecule has 19 heteroatoms. The minimum absolute atomic E-state index is 0.0124. The number of carbonyl (C=O) groups is 2. The Balaban J connectivity index is 0.931. The van der Waals surface area contributed by atoms with Crippen molar-refractivity contribution in [2.45, 2.75) is 173 Å². The van der Waals surface area contributed by atoms with Crippen LogP contribution in [0, 0.1) is 47.3 Å². The number of hydrogen-bond donors (Lipinski definition) is 1. The van der Waals surface area contributed by atoms with Crippen molar-refractivity contribution in [1.82, 2.24) is 4.90 Å². The highest BCUT2D eigenvalue weighted by atomic mass is 16.8. The number of nitrogens with zero attached hydrogens (tertiary/aromatic N) is 1. The van der Waals surface area contributed by atoms with E-state index in [0.717, 1.165) is 10.5 Å². The second kappa shape index (κ2) is 27.3. The predicted molar refractivity (Wildman–Crippen MR) is 283 cm³/mol. The first-order valence-corrected chi connectivity index (χ1v) is 28.1. The van der Waals surface area contributed by atoms with E-state index in [0.29, 0.717) is 24.3 Å². The van der Waals surface area contributed by atoms with E-state index in [-0.39, 0.29) is 92.0 Å². The van der Waals surface area contributed by atoms with Gasteiger partial charge >= 0.3 is 0 Å². The van der Waals surface area contributed by atoms with E-state index in [1.807, 2.05) is 51.1 Å². The number of rotatable bonds is 22. The normalized spacial score (nSPS) is 42.2. The zero-order valence-corrected chi connectivity index (χ0v) is 48.2. The van der Waals surface area contributed by atoms with Gasteiger partial charge in [0.1, 0.15) is 42.7 Å². The Bertz CT molecular complexity index is 2170. The number of methoxy groups -OCH3 is 5. The number of hydrogen-bond acceptors (Lipinski definition) is 18. The lowest BCUT2D eigenvalue weighted by Gasteiger charge is -2.52. The van der Waals surface area contributed by atoms with Gasteiger partial charge in [0.05, 0.1) is 87.3 Å². The van der Waals surface area contributed by atoms with Crippen LogP contribution in [0.5, 0.6) is 0 Å². The fourth-order valence-corrected chi connectivity index (χ4v) is 12.6. The van der Waals surface area contributed by atoms with Crippen LogP contribution in [0.25, 0.3) is 0 Å². The summed E-state index contributed by atoms with van der Waals surface area (Å²) >= 11 is 0. The number of carbonyl (C=O) groups excluding carboxylic acids is 2. The third-order valence-electron chi connectivity index (χ3n) is 18.1. The SMILES string of the molecule is COCC1O[C@@H](O[C@H]2C(C)C(C)[C@@H](O[C@H]3C(C)C(OC)[C@H](O[C@@H]4C(COCc5ccccc5)O[C@@H](C)C(C)[C@H]4C)O[C@H]3COC)O[C@H]2COC)C(OC)[C@@H](C)[C@@H]1O[C@H]1OC(CN2C(=O)c3ccccc3C2=O)[C@@H](O)[C@H](C)C1C. The highest BCUT2D eigenvalue weighted by Gasteiger charge is 2.55. The molecule has 0 aromatic heterocycles. The van der Waals surface area contributed by atoms with Crippen LogP contribution < -0.4 is 0 Å². The first-order valence-electron chi connectivity index (χ1n) is 28.1. The third kappa shape index (κ3) is 12.9. The number of benzene rings is 2. The molecule has 0 radical (unpaired) electrons. The fourth-order valence-electron chi connectivity index (χ4n) is 12.6. The minimum atomic E-state index is -0.972. The molecule has 2 aromatic rings. The van der Waals surface area contributed by atoms with Crippen molar-refractivity contribution in [3.8, 4) is 0 Å². The lowest BCUT2D eigenvalue weighted by Crippen LogP contribution is -2.63. The number of aliphatic hydroxyl groups is 1. The highest BCUT2D eigenvalue weighted by Crippen LogP contribution is 2.43. The zero-order chi connectivity index (χ0) is 56.1. The molecular weight excluding hydrogens is 1010 g/mol. The van der Waals surface area contributed by atoms with Crippen LogP contribution in [0.2, 0.25) is 0 Å². The minimum Gasteiger partial charge on any atom is -0.390 e. The van der Waals surface area contributed by atoms with Gasteiger partial charge in [0.15, 0.2) is 25.2 Å². The van der Waals surface area contributed by atoms with Crippen molar-refractivity contribution in [2.75, 3.05) is 68.5 Å². The smallest absolute Gasteiger partial charge is 0.261 e. The van der Waals surface area contributed by atoms with E-state index < -0.39 is 98.0 Å². The third-order valence-corrected chi connectivity index (χ3v) is 18.1. The van der Waals surface area contributed by atoms with Crippen LogP contribution >= 0.6 is 0 Å². The maximum atomic E-state index is 13.4. The molecule has 438 valence electrons. The summed E-state index contributed by atoms with van der Waals surface area (Å²) in [6.07, 6.45) is -10.3. The lowest BCUT2D eigenvalue weighted by atomic mass is 9.81. The average molecular weight is 1100 g/mol. The molecule has 6 heterocycles. The molecule has 19 nitrogen and oxygen atoms in total. The summed E-state index contributed by atoms with van der Waals surface area (Å²) in [6.45, 7) is 19.9. The van der Waals surface area contributed by atoms with Gasteiger partial charge in [-0.2, -0.15) is 0 Å². The van der Waals surface area contributed by atoms with E-state index >= 15 is 0 Å². The van der Waals surface area contributed by atoms with Crippen LogP contribution in [0.15, 0.2) is 54.6 Å². The van der Waals surface area contributed by atoms with Gasteiger partial charge in [-0.1, -0.05) is 97.9 Å². The summed E-state index contributed by atoms with van der Waals surface area (Å²) in [5, 5.41) is 11.5. The van der Waals surface area contributed by atoms with E-state index in [2.05, 4.69) is 41.5 Å². The van der Waals surface area contributed by atoms with Crippen molar-refractivity contribution < 1.29 is 85.7 Å². The molecule has 5 fully saturated rings. The Morgan fingerprint density at radius 1 is 0.436 bits per heavy atom. The summed E-state index contributed by atoms with van der Waals surface area (Å²) in [4.78, 5) is 27.9. The molecule has 8 rings (SSSR count). The fraction of sp³-hybridized carbons (Fsp3) is 0.763. The van der Waals surface area contributed by atoms with E-state index in [1.54, 1.807) is 59.8 Å². The molecule has 5 saturated heterocycles. The molecule has 0 spiro atoms. The molecule has 2 amide bonds. The second-order valence-electron chi connectivity index (χ2n) is 22.9. The molecule has 6 aliphatic rings. The Hall–Kier alpha value is -3.06. The van der Waals surface area contributed by atoms with Crippen LogP contribution in [0.4, 0.5) is 0 Å². The van der Waals surface area contributed by atoms with Gasteiger partial charge in [-0.3, -0.25) is 14.5 Å². The maximum Gasteiger partial charge on any atom is 0.261 e. The first-order chi connectivity index (χ1) is 37.5. The Morgan fingerprint density at radius 3 is 1.31 bits per heavy atom. The van der Waals surface area contributed by atoms with Crippen LogP contribution in [0.1, 0.15) is 88.6 Å². The van der Waals surface area contributed by atoms with Gasteiger partial charge in [-0.15, -0.1) is 0 Å². The summed E-state index contributed by atoms with van der Waals surface area (Å²) in [5.41, 5.74) is 1.74. The number of amides is 2. The van der Waals surface area contributed by atoms with E-state index in [9.17, 15) is 14.7 Å². The topological polar surface area (TPSA) is 196 Å².